The Morgan fingerprint density at radius 1 is 1.47 bits per heavy atom. The summed E-state index contributed by atoms with van der Waals surface area (Å²) in [4.78, 5) is 0. The monoisotopic (exact) mass is 217 g/mol. The molecule has 0 aromatic rings. The Labute approximate surface area is 88.7 Å². The third kappa shape index (κ3) is 2.75. The highest BCUT2D eigenvalue weighted by atomic mass is 19.3. The highest BCUT2D eigenvalue weighted by Gasteiger charge is 2.40. The van der Waals surface area contributed by atoms with Gasteiger partial charge in [-0.2, -0.15) is 0 Å². The van der Waals surface area contributed by atoms with Crippen LogP contribution < -0.4 is 5.32 Å². The van der Waals surface area contributed by atoms with Gasteiger partial charge in [0, 0.05) is 12.6 Å². The van der Waals surface area contributed by atoms with Crippen LogP contribution in [-0.4, -0.2) is 32.2 Å². The molecule has 0 spiro atoms. The van der Waals surface area contributed by atoms with Gasteiger partial charge in [0.25, 0.3) is 6.43 Å². The SMILES string of the molecule is FC(F)COCCNC1CC2CC=CC21. The van der Waals surface area contributed by atoms with E-state index in [4.69, 9.17) is 4.74 Å². The molecule has 0 radical (unpaired) electrons. The van der Waals surface area contributed by atoms with Crippen molar-refractivity contribution in [3.05, 3.63) is 12.2 Å². The highest BCUT2D eigenvalue weighted by molar-refractivity contribution is 5.12. The fraction of sp³-hybridized carbons (Fsp3) is 0.818. The third-order valence-corrected chi connectivity index (χ3v) is 3.26. The van der Waals surface area contributed by atoms with Crippen molar-refractivity contribution < 1.29 is 13.5 Å². The van der Waals surface area contributed by atoms with Crippen LogP contribution in [0.5, 0.6) is 0 Å². The van der Waals surface area contributed by atoms with Crippen LogP contribution in [0.3, 0.4) is 0 Å². The third-order valence-electron chi connectivity index (χ3n) is 3.26. The zero-order valence-corrected chi connectivity index (χ0v) is 8.66. The van der Waals surface area contributed by atoms with Gasteiger partial charge in [0.15, 0.2) is 0 Å². The molecule has 0 aromatic heterocycles. The van der Waals surface area contributed by atoms with E-state index in [1.165, 1.54) is 12.8 Å². The zero-order valence-electron chi connectivity index (χ0n) is 8.66. The molecule has 4 heteroatoms. The van der Waals surface area contributed by atoms with E-state index in [1.54, 1.807) is 0 Å². The number of halogens is 2. The number of alkyl halides is 2. The predicted octanol–water partition coefficient (Wildman–Crippen LogP) is 1.82. The van der Waals surface area contributed by atoms with Crippen molar-refractivity contribution in [2.75, 3.05) is 19.8 Å². The van der Waals surface area contributed by atoms with Crippen molar-refractivity contribution in [1.82, 2.24) is 5.32 Å². The Morgan fingerprint density at radius 3 is 3.07 bits per heavy atom. The molecule has 0 aromatic carbocycles. The number of nitrogens with one attached hydrogen (secondary N) is 1. The summed E-state index contributed by atoms with van der Waals surface area (Å²) in [5, 5.41) is 3.34. The second kappa shape index (κ2) is 5.03. The molecule has 3 atom stereocenters. The largest absolute Gasteiger partial charge is 0.374 e. The Bertz CT molecular complexity index is 233. The summed E-state index contributed by atoms with van der Waals surface area (Å²) >= 11 is 0. The van der Waals surface area contributed by atoms with Gasteiger partial charge in [0.1, 0.15) is 6.61 Å². The molecule has 86 valence electrons. The van der Waals surface area contributed by atoms with Crippen LogP contribution in [-0.2, 0) is 4.74 Å². The second-order valence-electron chi connectivity index (χ2n) is 4.26. The first-order valence-corrected chi connectivity index (χ1v) is 5.53. The summed E-state index contributed by atoms with van der Waals surface area (Å²) in [6, 6.07) is 0.545. The lowest BCUT2D eigenvalue weighted by molar-refractivity contribution is 0.0160. The lowest BCUT2D eigenvalue weighted by atomic mass is 9.71. The van der Waals surface area contributed by atoms with E-state index < -0.39 is 13.0 Å². The lowest BCUT2D eigenvalue weighted by Crippen LogP contribution is -2.48. The van der Waals surface area contributed by atoms with Gasteiger partial charge in [-0.1, -0.05) is 12.2 Å². The summed E-state index contributed by atoms with van der Waals surface area (Å²) < 4.78 is 28.2. The predicted molar refractivity (Wildman–Crippen MR) is 54.0 cm³/mol. The fourth-order valence-electron chi connectivity index (χ4n) is 2.44. The van der Waals surface area contributed by atoms with Gasteiger partial charge in [0.2, 0.25) is 0 Å². The zero-order chi connectivity index (χ0) is 10.7. The molecule has 0 heterocycles. The van der Waals surface area contributed by atoms with Gasteiger partial charge in [0.05, 0.1) is 6.61 Å². The summed E-state index contributed by atoms with van der Waals surface area (Å²) in [7, 11) is 0. The summed E-state index contributed by atoms with van der Waals surface area (Å²) in [6.45, 7) is 0.606. The number of rotatable bonds is 6. The minimum atomic E-state index is -2.35. The molecule has 2 aliphatic rings. The normalized spacial score (nSPS) is 33.1. The topological polar surface area (TPSA) is 21.3 Å². The van der Waals surface area contributed by atoms with Gasteiger partial charge in [-0.3, -0.25) is 0 Å². The van der Waals surface area contributed by atoms with Crippen LogP contribution in [0.15, 0.2) is 12.2 Å². The molecule has 2 aliphatic carbocycles. The fourth-order valence-corrected chi connectivity index (χ4v) is 2.44. The number of hydrogen-bond donors (Lipinski definition) is 1. The van der Waals surface area contributed by atoms with E-state index in [1.807, 2.05) is 0 Å². The number of fused-ring (bicyclic) bond motifs is 1. The summed E-state index contributed by atoms with van der Waals surface area (Å²) in [6.07, 6.45) is 4.59. The number of ether oxygens (including phenoxy) is 1. The van der Waals surface area contributed by atoms with E-state index in [0.29, 0.717) is 25.1 Å². The lowest BCUT2D eigenvalue weighted by Gasteiger charge is -2.40. The molecule has 1 N–H and O–H groups in total. The van der Waals surface area contributed by atoms with E-state index in [0.717, 1.165) is 5.92 Å². The molecule has 3 unspecified atom stereocenters. The molecular formula is C11H17F2NO. The van der Waals surface area contributed by atoms with Crippen LogP contribution in [0.25, 0.3) is 0 Å². The van der Waals surface area contributed by atoms with Gasteiger partial charge in [-0.25, -0.2) is 8.78 Å². The quantitative estimate of drug-likeness (QED) is 0.541. The Morgan fingerprint density at radius 2 is 2.33 bits per heavy atom. The molecule has 1 fully saturated rings. The van der Waals surface area contributed by atoms with Crippen LogP contribution >= 0.6 is 0 Å². The first kappa shape index (κ1) is 11.0. The van der Waals surface area contributed by atoms with Crippen LogP contribution in [0, 0.1) is 11.8 Å². The smallest absolute Gasteiger partial charge is 0.261 e. The molecule has 1 saturated carbocycles. The molecule has 2 rings (SSSR count). The van der Waals surface area contributed by atoms with Gasteiger partial charge >= 0.3 is 0 Å². The van der Waals surface area contributed by atoms with Crippen molar-refractivity contribution in [2.45, 2.75) is 25.3 Å². The molecule has 0 saturated heterocycles. The van der Waals surface area contributed by atoms with Crippen LogP contribution in [0.4, 0.5) is 8.78 Å². The molecular weight excluding hydrogens is 200 g/mol. The van der Waals surface area contributed by atoms with Crippen molar-refractivity contribution in [3.63, 3.8) is 0 Å². The average molecular weight is 217 g/mol. The van der Waals surface area contributed by atoms with Crippen molar-refractivity contribution in [1.29, 1.82) is 0 Å². The molecule has 2 nitrogen and oxygen atoms in total. The maximum Gasteiger partial charge on any atom is 0.261 e. The second-order valence-corrected chi connectivity index (χ2v) is 4.26. The Hall–Kier alpha value is -0.480. The molecule has 0 amide bonds. The van der Waals surface area contributed by atoms with Crippen molar-refractivity contribution in [2.24, 2.45) is 11.8 Å². The number of hydrogen-bond acceptors (Lipinski definition) is 2. The molecule has 0 aliphatic heterocycles. The standard InChI is InChI=1S/C11H17F2NO/c12-11(13)7-15-5-4-14-10-6-8-2-1-3-9(8)10/h1,3,8-11,14H,2,4-7H2. The minimum Gasteiger partial charge on any atom is -0.374 e. The summed E-state index contributed by atoms with van der Waals surface area (Å²) in [5.74, 6) is 1.52. The minimum absolute atomic E-state index is 0.377. The maximum atomic E-state index is 11.7. The molecule has 0 bridgehead atoms. The van der Waals surface area contributed by atoms with Crippen LogP contribution in [0.1, 0.15) is 12.8 Å². The first-order valence-electron chi connectivity index (χ1n) is 5.53. The molecule has 15 heavy (non-hydrogen) atoms. The number of allylic oxidation sites excluding steroid dienone is 1. The van der Waals surface area contributed by atoms with Gasteiger partial charge in [-0.05, 0) is 24.7 Å². The maximum absolute atomic E-state index is 11.7. The van der Waals surface area contributed by atoms with Gasteiger partial charge < -0.3 is 10.1 Å². The van der Waals surface area contributed by atoms with Gasteiger partial charge in [-0.15, -0.1) is 0 Å². The first-order chi connectivity index (χ1) is 7.27. The van der Waals surface area contributed by atoms with E-state index >= 15 is 0 Å². The summed E-state index contributed by atoms with van der Waals surface area (Å²) in [5.41, 5.74) is 0. The Balaban J connectivity index is 1.50. The Kier molecular flexibility index (Phi) is 3.70. The van der Waals surface area contributed by atoms with Crippen LogP contribution in [0.2, 0.25) is 0 Å². The van der Waals surface area contributed by atoms with E-state index in [9.17, 15) is 8.78 Å². The average Bonchev–Trinajstić information content (AvgIpc) is 2.53. The van der Waals surface area contributed by atoms with Crippen molar-refractivity contribution >= 4 is 0 Å². The van der Waals surface area contributed by atoms with Crippen molar-refractivity contribution in [3.8, 4) is 0 Å². The highest BCUT2D eigenvalue weighted by Crippen LogP contribution is 2.42. The van der Waals surface area contributed by atoms with E-state index in [2.05, 4.69) is 17.5 Å². The van der Waals surface area contributed by atoms with E-state index in [-0.39, 0.29) is 0 Å².